The molecule has 2 aromatic rings. The third-order valence-electron chi connectivity index (χ3n) is 3.26. The van der Waals surface area contributed by atoms with Crippen LogP contribution in [0.25, 0.3) is 0 Å². The van der Waals surface area contributed by atoms with E-state index in [-0.39, 0.29) is 5.92 Å². The monoisotopic (exact) mass is 264 g/mol. The van der Waals surface area contributed by atoms with Gasteiger partial charge in [-0.3, -0.25) is 0 Å². The summed E-state index contributed by atoms with van der Waals surface area (Å²) in [7, 11) is 0. The molecule has 1 aliphatic rings. The van der Waals surface area contributed by atoms with E-state index in [0.717, 1.165) is 37.8 Å². The van der Waals surface area contributed by atoms with E-state index in [4.69, 9.17) is 9.26 Å². The van der Waals surface area contributed by atoms with Crippen molar-refractivity contribution < 1.29 is 9.26 Å². The fourth-order valence-electron chi connectivity index (χ4n) is 2.17. The summed E-state index contributed by atoms with van der Waals surface area (Å²) in [5.74, 6) is 2.13. The highest BCUT2D eigenvalue weighted by Crippen LogP contribution is 2.26. The summed E-state index contributed by atoms with van der Waals surface area (Å²) in [5, 5.41) is 6.18. The number of thiophene rings is 1. The van der Waals surface area contributed by atoms with E-state index in [1.807, 2.05) is 0 Å². The van der Waals surface area contributed by atoms with Gasteiger partial charge >= 0.3 is 0 Å². The Hall–Kier alpha value is -1.20. The fraction of sp³-hybridized carbons (Fsp3) is 0.538. The second-order valence-corrected chi connectivity index (χ2v) is 5.77. The summed E-state index contributed by atoms with van der Waals surface area (Å²) >= 11 is 1.77. The molecule has 18 heavy (non-hydrogen) atoms. The Morgan fingerprint density at radius 3 is 3.22 bits per heavy atom. The van der Waals surface area contributed by atoms with E-state index in [1.165, 1.54) is 4.88 Å². The standard InChI is InChI=1S/C13H16N2O2S/c1-9(7-11-3-2-6-18-11)13-14-12(15-17-13)10-4-5-16-8-10/h2-3,6,9-10H,4-5,7-8H2,1H3/t9-,10-/m0/s1. The van der Waals surface area contributed by atoms with Crippen LogP contribution in [0.15, 0.2) is 22.0 Å². The molecule has 1 aliphatic heterocycles. The molecule has 2 atom stereocenters. The lowest BCUT2D eigenvalue weighted by Gasteiger charge is -2.03. The highest BCUT2D eigenvalue weighted by Gasteiger charge is 2.24. The minimum Gasteiger partial charge on any atom is -0.381 e. The van der Waals surface area contributed by atoms with Crippen LogP contribution in [0.1, 0.15) is 41.8 Å². The molecule has 1 fully saturated rings. The van der Waals surface area contributed by atoms with Crippen molar-refractivity contribution in [1.29, 1.82) is 0 Å². The van der Waals surface area contributed by atoms with Gasteiger partial charge in [-0.15, -0.1) is 11.3 Å². The molecule has 4 nitrogen and oxygen atoms in total. The number of hydrogen-bond donors (Lipinski definition) is 0. The minimum absolute atomic E-state index is 0.271. The zero-order chi connectivity index (χ0) is 12.4. The van der Waals surface area contributed by atoms with Crippen molar-refractivity contribution in [2.24, 2.45) is 0 Å². The molecular weight excluding hydrogens is 248 g/mol. The van der Waals surface area contributed by atoms with Gasteiger partial charge in [-0.1, -0.05) is 18.1 Å². The van der Waals surface area contributed by atoms with Crippen LogP contribution >= 0.6 is 11.3 Å². The van der Waals surface area contributed by atoms with Crippen molar-refractivity contribution in [3.8, 4) is 0 Å². The molecule has 1 saturated heterocycles. The van der Waals surface area contributed by atoms with Crippen LogP contribution in [0.2, 0.25) is 0 Å². The number of rotatable bonds is 4. The normalized spacial score (nSPS) is 21.3. The summed E-state index contributed by atoms with van der Waals surface area (Å²) < 4.78 is 10.7. The predicted molar refractivity (Wildman–Crippen MR) is 68.9 cm³/mol. The molecule has 0 spiro atoms. The summed E-state index contributed by atoms with van der Waals surface area (Å²) in [6.07, 6.45) is 1.96. The summed E-state index contributed by atoms with van der Waals surface area (Å²) in [5.41, 5.74) is 0. The highest BCUT2D eigenvalue weighted by molar-refractivity contribution is 7.09. The molecule has 96 valence electrons. The molecule has 3 heterocycles. The average Bonchev–Trinajstić information content (AvgIpc) is 3.11. The second kappa shape index (κ2) is 5.20. The van der Waals surface area contributed by atoms with Gasteiger partial charge in [0.1, 0.15) is 0 Å². The minimum atomic E-state index is 0.271. The van der Waals surface area contributed by atoms with Crippen molar-refractivity contribution >= 4 is 11.3 Å². The number of ether oxygens (including phenoxy) is 1. The Balaban J connectivity index is 1.68. The third-order valence-corrected chi connectivity index (χ3v) is 4.16. The second-order valence-electron chi connectivity index (χ2n) is 4.74. The molecule has 0 aromatic carbocycles. The summed E-state index contributed by atoms with van der Waals surface area (Å²) in [4.78, 5) is 5.87. The van der Waals surface area contributed by atoms with Gasteiger partial charge in [0.2, 0.25) is 5.89 Å². The maximum absolute atomic E-state index is 5.38. The molecule has 0 aliphatic carbocycles. The largest absolute Gasteiger partial charge is 0.381 e. The van der Waals surface area contributed by atoms with Crippen LogP contribution in [-0.4, -0.2) is 23.4 Å². The molecule has 3 rings (SSSR count). The molecule has 0 saturated carbocycles. The Kier molecular flexibility index (Phi) is 3.43. The predicted octanol–water partition coefficient (Wildman–Crippen LogP) is 2.98. The first kappa shape index (κ1) is 11.9. The van der Waals surface area contributed by atoms with E-state index in [1.54, 1.807) is 11.3 Å². The lowest BCUT2D eigenvalue weighted by molar-refractivity contribution is 0.192. The Bertz CT molecular complexity index is 489. The summed E-state index contributed by atoms with van der Waals surface area (Å²) in [6, 6.07) is 4.21. The molecular formula is C13H16N2O2S. The van der Waals surface area contributed by atoms with Gasteiger partial charge in [0.15, 0.2) is 5.82 Å². The van der Waals surface area contributed by atoms with Crippen molar-refractivity contribution in [3.63, 3.8) is 0 Å². The van der Waals surface area contributed by atoms with Crippen LogP contribution in [0.4, 0.5) is 0 Å². The fourth-order valence-corrected chi connectivity index (χ4v) is 3.00. The van der Waals surface area contributed by atoms with Crippen molar-refractivity contribution in [2.75, 3.05) is 13.2 Å². The highest BCUT2D eigenvalue weighted by atomic mass is 32.1. The zero-order valence-electron chi connectivity index (χ0n) is 10.3. The van der Waals surface area contributed by atoms with E-state index < -0.39 is 0 Å². The number of hydrogen-bond acceptors (Lipinski definition) is 5. The van der Waals surface area contributed by atoms with Crippen molar-refractivity contribution in [1.82, 2.24) is 10.1 Å². The van der Waals surface area contributed by atoms with Crippen LogP contribution in [0.5, 0.6) is 0 Å². The molecule has 0 radical (unpaired) electrons. The van der Waals surface area contributed by atoms with Gasteiger partial charge in [0.25, 0.3) is 0 Å². The lowest BCUT2D eigenvalue weighted by Crippen LogP contribution is -2.01. The van der Waals surface area contributed by atoms with E-state index in [2.05, 4.69) is 34.6 Å². The van der Waals surface area contributed by atoms with E-state index >= 15 is 0 Å². The Morgan fingerprint density at radius 2 is 2.50 bits per heavy atom. The third kappa shape index (κ3) is 2.47. The first-order valence-electron chi connectivity index (χ1n) is 6.26. The van der Waals surface area contributed by atoms with Gasteiger partial charge in [0, 0.05) is 23.3 Å². The van der Waals surface area contributed by atoms with Crippen molar-refractivity contribution in [2.45, 2.75) is 31.6 Å². The maximum atomic E-state index is 5.38. The van der Waals surface area contributed by atoms with Crippen LogP contribution < -0.4 is 0 Å². The Morgan fingerprint density at radius 1 is 1.56 bits per heavy atom. The smallest absolute Gasteiger partial charge is 0.229 e. The average molecular weight is 264 g/mol. The van der Waals surface area contributed by atoms with Gasteiger partial charge in [-0.05, 0) is 24.3 Å². The van der Waals surface area contributed by atoms with Gasteiger partial charge < -0.3 is 9.26 Å². The molecule has 0 bridgehead atoms. The van der Waals surface area contributed by atoms with E-state index in [0.29, 0.717) is 5.92 Å². The van der Waals surface area contributed by atoms with Gasteiger partial charge in [-0.2, -0.15) is 4.98 Å². The van der Waals surface area contributed by atoms with Crippen LogP contribution in [-0.2, 0) is 11.2 Å². The summed E-state index contributed by atoms with van der Waals surface area (Å²) in [6.45, 7) is 3.65. The zero-order valence-corrected chi connectivity index (χ0v) is 11.2. The first-order valence-corrected chi connectivity index (χ1v) is 7.14. The SMILES string of the molecule is C[C@@H](Cc1cccs1)c1nc([C@H]2CCOC2)no1. The molecule has 2 aromatic heterocycles. The molecule has 5 heteroatoms. The van der Waals surface area contributed by atoms with E-state index in [9.17, 15) is 0 Å². The maximum Gasteiger partial charge on any atom is 0.229 e. The quantitative estimate of drug-likeness (QED) is 0.851. The Labute approximate surface area is 110 Å². The first-order chi connectivity index (χ1) is 8.83. The van der Waals surface area contributed by atoms with Crippen LogP contribution in [0, 0.1) is 0 Å². The van der Waals surface area contributed by atoms with Gasteiger partial charge in [0.05, 0.1) is 6.61 Å². The van der Waals surface area contributed by atoms with Crippen LogP contribution in [0.3, 0.4) is 0 Å². The molecule has 0 amide bonds. The number of nitrogens with zero attached hydrogens (tertiary/aromatic N) is 2. The lowest BCUT2D eigenvalue weighted by atomic mass is 10.1. The molecule has 0 N–H and O–H groups in total. The topological polar surface area (TPSA) is 48.2 Å². The van der Waals surface area contributed by atoms with Crippen molar-refractivity contribution in [3.05, 3.63) is 34.1 Å². The molecule has 0 unspecified atom stereocenters. The van der Waals surface area contributed by atoms with Gasteiger partial charge in [-0.25, -0.2) is 0 Å². The number of aromatic nitrogens is 2.